The van der Waals surface area contributed by atoms with E-state index >= 15 is 0 Å². The highest BCUT2D eigenvalue weighted by atomic mass is 32.1. The summed E-state index contributed by atoms with van der Waals surface area (Å²) in [6.45, 7) is 8.47. The molecule has 0 saturated heterocycles. The quantitative estimate of drug-likeness (QED) is 0.524. The Morgan fingerprint density at radius 1 is 1.46 bits per heavy atom. The first-order valence-corrected chi connectivity index (χ1v) is 10.1. The highest BCUT2D eigenvalue weighted by Gasteiger charge is 2.33. The lowest BCUT2D eigenvalue weighted by Gasteiger charge is -2.24. The van der Waals surface area contributed by atoms with Crippen molar-refractivity contribution in [2.24, 2.45) is 5.18 Å². The average molecular weight is 404 g/mol. The Balaban J connectivity index is 2.13. The molecule has 0 aliphatic heterocycles. The van der Waals surface area contributed by atoms with Gasteiger partial charge in [0, 0.05) is 33.8 Å². The molecule has 1 unspecified atom stereocenters. The van der Waals surface area contributed by atoms with E-state index in [0.29, 0.717) is 11.5 Å². The summed E-state index contributed by atoms with van der Waals surface area (Å²) in [6.07, 6.45) is 7.03. The number of thiazole rings is 1. The number of carbonyl (C=O) groups is 1. The summed E-state index contributed by atoms with van der Waals surface area (Å²) in [5.74, 6) is -0.141. The molecule has 0 N–H and O–H groups in total. The summed E-state index contributed by atoms with van der Waals surface area (Å²) in [5.41, 5.74) is 0.478. The van der Waals surface area contributed by atoms with E-state index in [9.17, 15) is 9.70 Å². The summed E-state index contributed by atoms with van der Waals surface area (Å²) in [5, 5.41) is 5.97. The zero-order valence-corrected chi connectivity index (χ0v) is 17.6. The van der Waals surface area contributed by atoms with Gasteiger partial charge in [-0.1, -0.05) is 17.3 Å². The van der Waals surface area contributed by atoms with Crippen LogP contribution >= 0.6 is 11.3 Å². The Labute approximate surface area is 167 Å². The number of aromatic nitrogens is 2. The first kappa shape index (κ1) is 20.3. The van der Waals surface area contributed by atoms with E-state index < -0.39 is 11.4 Å². The number of methoxy groups -OCH3 is 1. The van der Waals surface area contributed by atoms with Crippen LogP contribution in [0, 0.1) is 4.91 Å². The van der Waals surface area contributed by atoms with Gasteiger partial charge in [-0.25, -0.2) is 9.78 Å². The fraction of sp³-hybridized carbons (Fsp3) is 0.500. The molecule has 7 nitrogen and oxygen atoms in total. The number of fused-ring (bicyclic) bond motifs is 1. The topological polar surface area (TPSA) is 82.8 Å². The van der Waals surface area contributed by atoms with Crippen LogP contribution in [0.3, 0.4) is 0 Å². The van der Waals surface area contributed by atoms with Crippen LogP contribution in [-0.2, 0) is 16.7 Å². The SMILES string of the molecule is CCOC(=O)c1sc(C2(C)C=c3c(CN=O)cn(C(C)C)c3=CC2)nc1OC. The van der Waals surface area contributed by atoms with Gasteiger partial charge in [0.05, 0.1) is 13.7 Å². The minimum atomic E-state index is -0.427. The summed E-state index contributed by atoms with van der Waals surface area (Å²) in [4.78, 5) is 28.1. The van der Waals surface area contributed by atoms with Gasteiger partial charge < -0.3 is 14.0 Å². The zero-order chi connectivity index (χ0) is 20.5. The molecule has 0 radical (unpaired) electrons. The van der Waals surface area contributed by atoms with Gasteiger partial charge in [0.15, 0.2) is 4.88 Å². The van der Waals surface area contributed by atoms with Crippen molar-refractivity contribution in [1.29, 1.82) is 0 Å². The van der Waals surface area contributed by atoms with E-state index in [1.54, 1.807) is 6.92 Å². The summed E-state index contributed by atoms with van der Waals surface area (Å²) < 4.78 is 12.6. The smallest absolute Gasteiger partial charge is 0.353 e. The number of nitrogens with zero attached hydrogens (tertiary/aromatic N) is 3. The molecule has 1 aliphatic rings. The minimum Gasteiger partial charge on any atom is -0.480 e. The maximum atomic E-state index is 12.2. The van der Waals surface area contributed by atoms with Crippen LogP contribution in [0.5, 0.6) is 5.88 Å². The van der Waals surface area contributed by atoms with Crippen LogP contribution in [-0.4, -0.2) is 29.2 Å². The molecule has 0 spiro atoms. The molecule has 1 atom stereocenters. The maximum absolute atomic E-state index is 12.2. The van der Waals surface area contributed by atoms with Crippen LogP contribution in [0.1, 0.15) is 60.4 Å². The second kappa shape index (κ2) is 7.87. The molecule has 0 amide bonds. The van der Waals surface area contributed by atoms with Crippen molar-refractivity contribution >= 4 is 29.5 Å². The van der Waals surface area contributed by atoms with E-state index in [2.05, 4.69) is 47.7 Å². The number of hydrogen-bond acceptors (Lipinski definition) is 7. The van der Waals surface area contributed by atoms with Crippen molar-refractivity contribution in [2.45, 2.75) is 52.1 Å². The molecule has 2 aromatic heterocycles. The molecule has 1 aliphatic carbocycles. The first-order valence-electron chi connectivity index (χ1n) is 9.29. The third-order valence-corrected chi connectivity index (χ3v) is 6.20. The number of nitroso groups, excluding NO2 is 1. The van der Waals surface area contributed by atoms with Crippen LogP contribution < -0.4 is 15.3 Å². The second-order valence-corrected chi connectivity index (χ2v) is 8.29. The molecule has 150 valence electrons. The van der Waals surface area contributed by atoms with Crippen LogP contribution in [0.2, 0.25) is 0 Å². The third-order valence-electron chi connectivity index (χ3n) is 4.91. The summed E-state index contributed by atoms with van der Waals surface area (Å²) in [7, 11) is 1.50. The molecule has 2 aromatic rings. The Hall–Kier alpha value is -2.48. The number of hydrogen-bond donors (Lipinski definition) is 0. The Morgan fingerprint density at radius 2 is 2.21 bits per heavy atom. The Bertz CT molecular complexity index is 1020. The maximum Gasteiger partial charge on any atom is 0.353 e. The monoisotopic (exact) mass is 403 g/mol. The molecule has 0 bridgehead atoms. The number of rotatable bonds is 7. The fourth-order valence-corrected chi connectivity index (χ4v) is 4.52. The van der Waals surface area contributed by atoms with E-state index in [-0.39, 0.29) is 18.5 Å². The van der Waals surface area contributed by atoms with Gasteiger partial charge >= 0.3 is 5.97 Å². The average Bonchev–Trinajstić information content (AvgIpc) is 3.24. The molecule has 0 saturated carbocycles. The molecule has 28 heavy (non-hydrogen) atoms. The fourth-order valence-electron chi connectivity index (χ4n) is 3.46. The van der Waals surface area contributed by atoms with E-state index in [1.807, 2.05) is 6.20 Å². The summed E-state index contributed by atoms with van der Waals surface area (Å²) in [6, 6.07) is 0.276. The number of ether oxygens (including phenoxy) is 2. The highest BCUT2D eigenvalue weighted by Crippen LogP contribution is 2.38. The van der Waals surface area contributed by atoms with E-state index in [0.717, 1.165) is 27.6 Å². The van der Waals surface area contributed by atoms with Gasteiger partial charge in [0.25, 0.3) is 0 Å². The number of esters is 1. The molecule has 0 aromatic carbocycles. The van der Waals surface area contributed by atoms with Crippen molar-refractivity contribution in [3.05, 3.63) is 37.1 Å². The minimum absolute atomic E-state index is 0.123. The van der Waals surface area contributed by atoms with Crippen molar-refractivity contribution in [3.63, 3.8) is 0 Å². The van der Waals surface area contributed by atoms with E-state index in [1.165, 1.54) is 18.4 Å². The molecule has 0 fully saturated rings. The van der Waals surface area contributed by atoms with Gasteiger partial charge in [-0.15, -0.1) is 11.3 Å². The molecule has 2 heterocycles. The predicted octanol–water partition coefficient (Wildman–Crippen LogP) is 2.90. The lowest BCUT2D eigenvalue weighted by atomic mass is 9.83. The Kier molecular flexibility index (Phi) is 5.69. The van der Waals surface area contributed by atoms with Crippen molar-refractivity contribution in [3.8, 4) is 5.88 Å². The van der Waals surface area contributed by atoms with Gasteiger partial charge in [-0.3, -0.25) is 0 Å². The molecular formula is C20H25N3O4S. The molecule has 3 rings (SSSR count). The van der Waals surface area contributed by atoms with Gasteiger partial charge in [0.1, 0.15) is 11.6 Å². The van der Waals surface area contributed by atoms with Crippen LogP contribution in [0.15, 0.2) is 11.4 Å². The summed E-state index contributed by atoms with van der Waals surface area (Å²) >= 11 is 1.29. The molecular weight excluding hydrogens is 378 g/mol. The lowest BCUT2D eigenvalue weighted by molar-refractivity contribution is 0.0528. The normalized spacial score (nSPS) is 18.2. The van der Waals surface area contributed by atoms with Crippen LogP contribution in [0.4, 0.5) is 0 Å². The first-order chi connectivity index (χ1) is 13.3. The standard InChI is InChI=1S/C20H25N3O4S/c1-6-27-18(24)16-17(26-5)22-19(28-16)20(4)8-7-15-14(9-20)13(10-21-25)11-23(15)12(2)3/h7,9,11-12H,6,8,10H2,1-5H3. The van der Waals surface area contributed by atoms with E-state index in [4.69, 9.17) is 9.47 Å². The highest BCUT2D eigenvalue weighted by molar-refractivity contribution is 7.14. The van der Waals surface area contributed by atoms with Gasteiger partial charge in [-0.2, -0.15) is 4.91 Å². The van der Waals surface area contributed by atoms with Crippen molar-refractivity contribution in [2.75, 3.05) is 13.7 Å². The van der Waals surface area contributed by atoms with Gasteiger partial charge in [-0.05, 0) is 34.1 Å². The molecule has 8 heteroatoms. The predicted molar refractivity (Wildman–Crippen MR) is 109 cm³/mol. The van der Waals surface area contributed by atoms with Crippen molar-refractivity contribution in [1.82, 2.24) is 9.55 Å². The second-order valence-electron chi connectivity index (χ2n) is 7.29. The van der Waals surface area contributed by atoms with Crippen molar-refractivity contribution < 1.29 is 14.3 Å². The van der Waals surface area contributed by atoms with Crippen LogP contribution in [0.25, 0.3) is 12.2 Å². The Morgan fingerprint density at radius 3 is 2.82 bits per heavy atom. The third kappa shape index (κ3) is 3.48. The largest absolute Gasteiger partial charge is 0.480 e. The van der Waals surface area contributed by atoms with Gasteiger partial charge in [0.2, 0.25) is 5.88 Å². The zero-order valence-electron chi connectivity index (χ0n) is 16.8. The number of carbonyl (C=O) groups excluding carboxylic acids is 1. The lowest BCUT2D eigenvalue weighted by Crippen LogP contribution is -2.38.